The molecule has 0 aliphatic carbocycles. The van der Waals surface area contributed by atoms with Gasteiger partial charge in [-0.25, -0.2) is 9.59 Å². The highest BCUT2D eigenvalue weighted by atomic mass is 16.5. The normalized spacial score (nSPS) is 12.9. The number of carbonyl (C=O) groups is 2. The largest absolute Gasteiger partial charge is 0.480 e. The molecule has 1 amide bonds. The number of aliphatic hydroxyl groups is 1. The van der Waals surface area contributed by atoms with E-state index in [1.54, 1.807) is 43.3 Å². The van der Waals surface area contributed by atoms with Crippen molar-refractivity contribution in [2.24, 2.45) is 0 Å². The van der Waals surface area contributed by atoms with E-state index in [-0.39, 0.29) is 6.61 Å². The number of carboxylic acids is 1. The Morgan fingerprint density at radius 3 is 2.54 bits per heavy atom. The van der Waals surface area contributed by atoms with E-state index in [9.17, 15) is 19.8 Å². The van der Waals surface area contributed by atoms with Crippen molar-refractivity contribution >= 4 is 12.1 Å². The standard InChI is InChI=1S/C17H18N2O5/c1-11-13(8-5-9-18-11)15(20)14(16(21)22)19-17(23)24-10-12-6-3-2-4-7-12/h2-9,14-15,20H,10H2,1H3,(H,19,23)(H,21,22)/t14-,15-/m1/s1. The lowest BCUT2D eigenvalue weighted by Crippen LogP contribution is -2.45. The maximum Gasteiger partial charge on any atom is 0.408 e. The molecule has 1 heterocycles. The molecule has 2 atom stereocenters. The summed E-state index contributed by atoms with van der Waals surface area (Å²) < 4.78 is 4.98. The van der Waals surface area contributed by atoms with E-state index in [0.717, 1.165) is 5.56 Å². The second-order valence-electron chi connectivity index (χ2n) is 5.14. The van der Waals surface area contributed by atoms with E-state index in [0.29, 0.717) is 11.3 Å². The monoisotopic (exact) mass is 330 g/mol. The summed E-state index contributed by atoms with van der Waals surface area (Å²) in [5.74, 6) is -1.37. The molecule has 0 aliphatic heterocycles. The Morgan fingerprint density at radius 1 is 1.21 bits per heavy atom. The Balaban J connectivity index is 2.01. The van der Waals surface area contributed by atoms with Crippen molar-refractivity contribution in [1.29, 1.82) is 0 Å². The molecule has 1 aromatic heterocycles. The summed E-state index contributed by atoms with van der Waals surface area (Å²) >= 11 is 0. The summed E-state index contributed by atoms with van der Waals surface area (Å²) in [5.41, 5.74) is 1.58. The molecule has 24 heavy (non-hydrogen) atoms. The molecular weight excluding hydrogens is 312 g/mol. The molecule has 126 valence electrons. The van der Waals surface area contributed by atoms with E-state index in [4.69, 9.17) is 4.74 Å². The van der Waals surface area contributed by atoms with E-state index in [1.165, 1.54) is 6.20 Å². The van der Waals surface area contributed by atoms with Gasteiger partial charge in [0.05, 0.1) is 0 Å². The van der Waals surface area contributed by atoms with E-state index in [1.807, 2.05) is 6.07 Å². The third-order valence-electron chi connectivity index (χ3n) is 3.43. The Bertz CT molecular complexity index is 705. The first-order valence-electron chi connectivity index (χ1n) is 7.28. The van der Waals surface area contributed by atoms with Crippen LogP contribution in [0.1, 0.15) is 22.9 Å². The molecule has 7 nitrogen and oxygen atoms in total. The highest BCUT2D eigenvalue weighted by Gasteiger charge is 2.31. The first kappa shape index (κ1) is 17.4. The number of nitrogens with zero attached hydrogens (tertiary/aromatic N) is 1. The summed E-state index contributed by atoms with van der Waals surface area (Å²) in [6.07, 6.45) is -0.838. The van der Waals surface area contributed by atoms with E-state index in [2.05, 4.69) is 10.3 Å². The third kappa shape index (κ3) is 4.53. The van der Waals surface area contributed by atoms with Crippen molar-refractivity contribution in [3.05, 3.63) is 65.5 Å². The van der Waals surface area contributed by atoms with Crippen LogP contribution in [0.4, 0.5) is 4.79 Å². The zero-order valence-electron chi connectivity index (χ0n) is 13.0. The van der Waals surface area contributed by atoms with Gasteiger partial charge in [-0.1, -0.05) is 36.4 Å². The van der Waals surface area contributed by atoms with Gasteiger partial charge in [-0.2, -0.15) is 0 Å². The number of hydrogen-bond acceptors (Lipinski definition) is 5. The predicted octanol–water partition coefficient (Wildman–Crippen LogP) is 1.80. The smallest absolute Gasteiger partial charge is 0.408 e. The average molecular weight is 330 g/mol. The Labute approximate surface area is 138 Å². The van der Waals surface area contributed by atoms with Gasteiger partial charge >= 0.3 is 12.1 Å². The topological polar surface area (TPSA) is 109 Å². The van der Waals surface area contributed by atoms with Crippen LogP contribution in [0.2, 0.25) is 0 Å². The second kappa shape index (κ2) is 8.07. The van der Waals surface area contributed by atoms with Crippen molar-refractivity contribution in [3.8, 4) is 0 Å². The summed E-state index contributed by atoms with van der Waals surface area (Å²) in [4.78, 5) is 27.2. The Morgan fingerprint density at radius 2 is 1.92 bits per heavy atom. The van der Waals surface area contributed by atoms with Crippen molar-refractivity contribution in [2.45, 2.75) is 25.7 Å². The first-order valence-corrected chi connectivity index (χ1v) is 7.28. The minimum atomic E-state index is -1.55. The number of alkyl carbamates (subject to hydrolysis) is 1. The van der Waals surface area contributed by atoms with Crippen LogP contribution in [0.5, 0.6) is 0 Å². The number of nitrogens with one attached hydrogen (secondary N) is 1. The number of hydrogen-bond donors (Lipinski definition) is 3. The van der Waals surface area contributed by atoms with Gasteiger partial charge in [0.25, 0.3) is 0 Å². The summed E-state index contributed by atoms with van der Waals surface area (Å²) in [6, 6.07) is 10.6. The number of ether oxygens (including phenoxy) is 1. The molecule has 0 saturated heterocycles. The fourth-order valence-electron chi connectivity index (χ4n) is 2.16. The zero-order chi connectivity index (χ0) is 17.5. The van der Waals surface area contributed by atoms with Crippen molar-refractivity contribution in [1.82, 2.24) is 10.3 Å². The maximum absolute atomic E-state index is 11.8. The van der Waals surface area contributed by atoms with Crippen LogP contribution in [-0.2, 0) is 16.1 Å². The lowest BCUT2D eigenvalue weighted by molar-refractivity contribution is -0.142. The quantitative estimate of drug-likeness (QED) is 0.745. The van der Waals surface area contributed by atoms with Crippen LogP contribution in [-0.4, -0.2) is 33.3 Å². The fraction of sp³-hybridized carbons (Fsp3) is 0.235. The molecule has 0 saturated carbocycles. The van der Waals surface area contributed by atoms with Crippen molar-refractivity contribution in [2.75, 3.05) is 0 Å². The molecule has 7 heteroatoms. The van der Waals surface area contributed by atoms with Gasteiger partial charge in [0.1, 0.15) is 12.7 Å². The Kier molecular flexibility index (Phi) is 5.86. The van der Waals surface area contributed by atoms with Crippen molar-refractivity contribution in [3.63, 3.8) is 0 Å². The molecular formula is C17H18N2O5. The highest BCUT2D eigenvalue weighted by Crippen LogP contribution is 2.19. The van der Waals surface area contributed by atoms with Gasteiger partial charge in [0.2, 0.25) is 0 Å². The predicted molar refractivity (Wildman–Crippen MR) is 85.1 cm³/mol. The van der Waals surface area contributed by atoms with Crippen molar-refractivity contribution < 1.29 is 24.5 Å². The summed E-state index contributed by atoms with van der Waals surface area (Å²) in [5, 5.41) is 21.7. The van der Waals surface area contributed by atoms with Gasteiger partial charge in [-0.05, 0) is 18.6 Å². The number of aryl methyl sites for hydroxylation is 1. The minimum absolute atomic E-state index is 0.00102. The van der Waals surface area contributed by atoms with Gasteiger partial charge in [-0.15, -0.1) is 0 Å². The molecule has 0 aliphatic rings. The third-order valence-corrected chi connectivity index (χ3v) is 3.43. The number of pyridine rings is 1. The number of aromatic nitrogens is 1. The molecule has 0 fully saturated rings. The number of aliphatic carboxylic acids is 1. The summed E-state index contributed by atoms with van der Waals surface area (Å²) in [7, 11) is 0. The lowest BCUT2D eigenvalue weighted by Gasteiger charge is -2.21. The van der Waals surface area contributed by atoms with Crippen LogP contribution in [0.25, 0.3) is 0 Å². The number of aliphatic hydroxyl groups excluding tert-OH is 1. The molecule has 2 aromatic rings. The first-order chi connectivity index (χ1) is 11.5. The highest BCUT2D eigenvalue weighted by molar-refractivity contribution is 5.80. The number of carbonyl (C=O) groups excluding carboxylic acids is 1. The zero-order valence-corrected chi connectivity index (χ0v) is 13.0. The number of carboxylic acid groups (broad SMARTS) is 1. The molecule has 0 bridgehead atoms. The second-order valence-corrected chi connectivity index (χ2v) is 5.14. The average Bonchev–Trinajstić information content (AvgIpc) is 2.58. The molecule has 2 rings (SSSR count). The number of amides is 1. The van der Waals surface area contributed by atoms with E-state index < -0.39 is 24.2 Å². The number of rotatable bonds is 6. The molecule has 1 aromatic carbocycles. The van der Waals surface area contributed by atoms with Gasteiger partial charge < -0.3 is 20.3 Å². The van der Waals surface area contributed by atoms with Gasteiger partial charge in [0.15, 0.2) is 6.04 Å². The molecule has 0 unspecified atom stereocenters. The fourth-order valence-corrected chi connectivity index (χ4v) is 2.16. The van der Waals surface area contributed by atoms with Crippen LogP contribution < -0.4 is 5.32 Å². The minimum Gasteiger partial charge on any atom is -0.480 e. The number of benzene rings is 1. The Hall–Kier alpha value is -2.93. The molecule has 0 spiro atoms. The van der Waals surface area contributed by atoms with Crippen LogP contribution in [0.3, 0.4) is 0 Å². The SMILES string of the molecule is Cc1ncccc1[C@@H](O)[C@@H](NC(=O)OCc1ccccc1)C(=O)O. The van der Waals surface area contributed by atoms with Crippen LogP contribution in [0, 0.1) is 6.92 Å². The van der Waals surface area contributed by atoms with Gasteiger partial charge in [0, 0.05) is 17.5 Å². The maximum atomic E-state index is 11.8. The lowest BCUT2D eigenvalue weighted by atomic mass is 10.0. The van der Waals surface area contributed by atoms with Gasteiger partial charge in [-0.3, -0.25) is 4.98 Å². The van der Waals surface area contributed by atoms with Crippen LogP contribution in [0.15, 0.2) is 48.7 Å². The molecule has 0 radical (unpaired) electrons. The van der Waals surface area contributed by atoms with E-state index >= 15 is 0 Å². The molecule has 3 N–H and O–H groups in total. The summed E-state index contributed by atoms with van der Waals surface area (Å²) in [6.45, 7) is 1.65. The van der Waals surface area contributed by atoms with Crippen LogP contribution >= 0.6 is 0 Å².